The summed E-state index contributed by atoms with van der Waals surface area (Å²) in [6.07, 6.45) is 0. The highest BCUT2D eigenvalue weighted by atomic mass is 32.2. The van der Waals surface area contributed by atoms with Crippen LogP contribution in [0.1, 0.15) is 20.8 Å². The lowest BCUT2D eigenvalue weighted by atomic mass is 10.3. The zero-order chi connectivity index (χ0) is 6.08. The molecular weight excluding hydrogens is 112 g/mol. The molecule has 0 rings (SSSR count). The molecule has 44 valence electrons. The van der Waals surface area contributed by atoms with Gasteiger partial charge in [0.15, 0.2) is 0 Å². The molecule has 2 nitrogen and oxygen atoms in total. The van der Waals surface area contributed by atoms with Gasteiger partial charge in [0.1, 0.15) is 10.7 Å². The molecule has 0 aliphatic carbocycles. The van der Waals surface area contributed by atoms with Crippen LogP contribution < -0.4 is 0 Å². The van der Waals surface area contributed by atoms with Crippen molar-refractivity contribution < 1.29 is 8.42 Å². The van der Waals surface area contributed by atoms with E-state index in [1.165, 1.54) is 0 Å². The second-order valence-corrected chi connectivity index (χ2v) is 4.28. The lowest BCUT2D eigenvalue weighted by Gasteiger charge is -2.05. The largest absolute Gasteiger partial charge is 0.231 e. The minimum atomic E-state index is -2.24. The van der Waals surface area contributed by atoms with Crippen molar-refractivity contribution in [2.24, 2.45) is 0 Å². The maximum Gasteiger partial charge on any atom is 0.145 e. The van der Waals surface area contributed by atoms with E-state index in [0.717, 1.165) is 0 Å². The molecule has 0 aromatic carbocycles. The van der Waals surface area contributed by atoms with E-state index in [-0.39, 0.29) is 0 Å². The third-order valence-corrected chi connectivity index (χ3v) is 1.64. The molecule has 0 bridgehead atoms. The Bertz CT molecular complexity index is 110. The van der Waals surface area contributed by atoms with Crippen molar-refractivity contribution in [3.05, 3.63) is 0 Å². The molecule has 0 aromatic rings. The Morgan fingerprint density at radius 3 is 1.29 bits per heavy atom. The molecule has 0 heterocycles. The minimum absolute atomic E-state index is 0.546. The van der Waals surface area contributed by atoms with Crippen LogP contribution in [0.4, 0.5) is 0 Å². The summed E-state index contributed by atoms with van der Waals surface area (Å²) in [7, 11) is -2.24. The Morgan fingerprint density at radius 2 is 1.29 bits per heavy atom. The summed E-state index contributed by atoms with van der Waals surface area (Å²) < 4.78 is 19.6. The first-order chi connectivity index (χ1) is 2.94. The van der Waals surface area contributed by atoms with E-state index in [0.29, 0.717) is 0 Å². The van der Waals surface area contributed by atoms with E-state index in [1.807, 2.05) is 0 Å². The summed E-state index contributed by atoms with van der Waals surface area (Å²) in [5.74, 6) is 0. The first-order valence-electron chi connectivity index (χ1n) is 2.09. The van der Waals surface area contributed by atoms with Crippen molar-refractivity contribution in [2.75, 3.05) is 0 Å². The molecular formula is C4H10O2S. The summed E-state index contributed by atoms with van der Waals surface area (Å²) in [6.45, 7) is 5.00. The van der Waals surface area contributed by atoms with Crippen molar-refractivity contribution in [1.29, 1.82) is 0 Å². The van der Waals surface area contributed by atoms with Crippen LogP contribution in [-0.4, -0.2) is 13.2 Å². The summed E-state index contributed by atoms with van der Waals surface area (Å²) in [5.41, 5.74) is 0. The maximum atomic E-state index is 10.1. The van der Waals surface area contributed by atoms with Crippen LogP contribution in [-0.2, 0) is 10.7 Å². The molecule has 0 N–H and O–H groups in total. The van der Waals surface area contributed by atoms with Crippen LogP contribution >= 0.6 is 0 Å². The van der Waals surface area contributed by atoms with Gasteiger partial charge < -0.3 is 0 Å². The van der Waals surface area contributed by atoms with Crippen LogP contribution in [0.25, 0.3) is 0 Å². The van der Waals surface area contributed by atoms with Gasteiger partial charge in [0.25, 0.3) is 0 Å². The molecule has 0 radical (unpaired) electrons. The van der Waals surface area contributed by atoms with Gasteiger partial charge in [-0.05, 0) is 20.8 Å². The lowest BCUT2D eigenvalue weighted by molar-refractivity contribution is 0.582. The fraction of sp³-hybridized carbons (Fsp3) is 1.00. The molecule has 0 saturated carbocycles. The molecule has 0 amide bonds. The fourth-order valence-corrected chi connectivity index (χ4v) is 0. The topological polar surface area (TPSA) is 34.1 Å². The predicted octanol–water partition coefficient (Wildman–Crippen LogP) is 0.396. The van der Waals surface area contributed by atoms with Crippen molar-refractivity contribution in [1.82, 2.24) is 0 Å². The van der Waals surface area contributed by atoms with Crippen LogP contribution in [0.2, 0.25) is 0 Å². The van der Waals surface area contributed by atoms with E-state index in [9.17, 15) is 8.42 Å². The van der Waals surface area contributed by atoms with Crippen LogP contribution in [0, 0.1) is 0 Å². The van der Waals surface area contributed by atoms with Gasteiger partial charge in [0, 0.05) is 0 Å². The Hall–Kier alpha value is -0.0500. The fourth-order valence-electron chi connectivity index (χ4n) is 0. The van der Waals surface area contributed by atoms with Crippen LogP contribution in [0.3, 0.4) is 0 Å². The van der Waals surface area contributed by atoms with E-state index in [4.69, 9.17) is 0 Å². The van der Waals surface area contributed by atoms with E-state index < -0.39 is 15.5 Å². The number of rotatable bonds is 0. The number of hydrogen-bond donors (Lipinski definition) is 1. The molecule has 0 unspecified atom stereocenters. The summed E-state index contributed by atoms with van der Waals surface area (Å²) in [6, 6.07) is 0. The van der Waals surface area contributed by atoms with Gasteiger partial charge in [-0.15, -0.1) is 0 Å². The smallest absolute Gasteiger partial charge is 0.145 e. The van der Waals surface area contributed by atoms with Crippen molar-refractivity contribution in [2.45, 2.75) is 25.5 Å². The van der Waals surface area contributed by atoms with E-state index in [2.05, 4.69) is 0 Å². The molecule has 0 fully saturated rings. The second kappa shape index (κ2) is 1.82. The first-order valence-corrected chi connectivity index (χ1v) is 3.27. The molecule has 7 heavy (non-hydrogen) atoms. The van der Waals surface area contributed by atoms with Crippen LogP contribution in [0.15, 0.2) is 0 Å². The molecule has 0 atom stereocenters. The molecule has 0 aromatic heterocycles. The molecule has 0 spiro atoms. The van der Waals surface area contributed by atoms with Gasteiger partial charge in [-0.2, -0.15) is 0 Å². The predicted molar refractivity (Wildman–Crippen MR) is 30.1 cm³/mol. The van der Waals surface area contributed by atoms with Gasteiger partial charge >= 0.3 is 0 Å². The van der Waals surface area contributed by atoms with E-state index in [1.54, 1.807) is 20.8 Å². The van der Waals surface area contributed by atoms with E-state index >= 15 is 0 Å². The zero-order valence-electron chi connectivity index (χ0n) is 4.76. The average Bonchev–Trinajstić information content (AvgIpc) is 1.31. The molecule has 3 heteroatoms. The summed E-state index contributed by atoms with van der Waals surface area (Å²) >= 11 is 0. The molecule has 0 aliphatic rings. The third kappa shape index (κ3) is 2.62. The van der Waals surface area contributed by atoms with Gasteiger partial charge in [0.2, 0.25) is 0 Å². The normalized spacial score (nSPS) is 12.6. The highest BCUT2D eigenvalue weighted by Crippen LogP contribution is 2.02. The SMILES string of the molecule is CC(C)(C)[SH](=O)=O. The molecule has 0 saturated heterocycles. The third-order valence-electron chi connectivity index (χ3n) is 0.548. The van der Waals surface area contributed by atoms with Crippen molar-refractivity contribution in [3.8, 4) is 0 Å². The Kier molecular flexibility index (Phi) is 1.81. The number of thiol groups is 1. The lowest BCUT2D eigenvalue weighted by Crippen LogP contribution is -2.14. The number of hydrogen-bond acceptors (Lipinski definition) is 2. The Balaban J connectivity index is 4.08. The van der Waals surface area contributed by atoms with Crippen molar-refractivity contribution >= 4 is 10.7 Å². The highest BCUT2D eigenvalue weighted by Gasteiger charge is 2.11. The van der Waals surface area contributed by atoms with Gasteiger partial charge in [0.05, 0.1) is 4.75 Å². The standard InChI is InChI=1S/C4H10O2S/c1-4(2,3)7(5)6/h7H,1-3H3. The van der Waals surface area contributed by atoms with Gasteiger partial charge in [-0.25, -0.2) is 8.42 Å². The van der Waals surface area contributed by atoms with Gasteiger partial charge in [-0.1, -0.05) is 0 Å². The second-order valence-electron chi connectivity index (χ2n) is 2.43. The zero-order valence-corrected chi connectivity index (χ0v) is 5.66. The average molecular weight is 122 g/mol. The highest BCUT2D eigenvalue weighted by molar-refractivity contribution is 7.73. The first kappa shape index (κ1) is 6.95. The van der Waals surface area contributed by atoms with Crippen molar-refractivity contribution in [3.63, 3.8) is 0 Å². The Labute approximate surface area is 45.5 Å². The maximum absolute atomic E-state index is 10.1. The minimum Gasteiger partial charge on any atom is -0.231 e. The summed E-state index contributed by atoms with van der Waals surface area (Å²) in [5, 5.41) is 0. The molecule has 0 aliphatic heterocycles. The monoisotopic (exact) mass is 122 g/mol. The Morgan fingerprint density at radius 1 is 1.14 bits per heavy atom. The quantitative estimate of drug-likeness (QED) is 0.472. The van der Waals surface area contributed by atoms with Crippen LogP contribution in [0.5, 0.6) is 0 Å². The summed E-state index contributed by atoms with van der Waals surface area (Å²) in [4.78, 5) is 0. The van der Waals surface area contributed by atoms with Gasteiger partial charge in [-0.3, -0.25) is 0 Å².